The molecule has 0 aliphatic carbocycles. The minimum absolute atomic E-state index is 0.115. The average Bonchev–Trinajstić information content (AvgIpc) is 2.85. The molecule has 1 atom stereocenters. The van der Waals surface area contributed by atoms with Gasteiger partial charge in [-0.2, -0.15) is 0 Å². The van der Waals surface area contributed by atoms with Crippen LogP contribution in [0.4, 0.5) is 0 Å². The van der Waals surface area contributed by atoms with Gasteiger partial charge < -0.3 is 15.5 Å². The SMILES string of the molecule is Cc1ccc(C(=O)NC2CCN(C(C)C(N)=O)CC2)o1. The lowest BCUT2D eigenvalue weighted by Gasteiger charge is -2.34. The number of amides is 2. The van der Waals surface area contributed by atoms with Gasteiger partial charge in [0.1, 0.15) is 5.76 Å². The Hall–Kier alpha value is -1.82. The van der Waals surface area contributed by atoms with E-state index in [1.165, 1.54) is 0 Å². The lowest BCUT2D eigenvalue weighted by Crippen LogP contribution is -2.50. The fourth-order valence-corrected chi connectivity index (χ4v) is 2.42. The molecule has 1 aromatic heterocycles. The lowest BCUT2D eigenvalue weighted by molar-refractivity contribution is -0.123. The van der Waals surface area contributed by atoms with Crippen LogP contribution in [0.2, 0.25) is 0 Å². The first-order valence-corrected chi connectivity index (χ1v) is 6.88. The van der Waals surface area contributed by atoms with Gasteiger partial charge in [0.05, 0.1) is 6.04 Å². The molecule has 1 aromatic rings. The summed E-state index contributed by atoms with van der Waals surface area (Å²) >= 11 is 0. The zero-order chi connectivity index (χ0) is 14.7. The van der Waals surface area contributed by atoms with Crippen LogP contribution in [0.3, 0.4) is 0 Å². The van der Waals surface area contributed by atoms with Crippen LogP contribution in [0.15, 0.2) is 16.5 Å². The Morgan fingerprint density at radius 3 is 2.55 bits per heavy atom. The molecular formula is C14H21N3O3. The number of likely N-dealkylation sites (tertiary alicyclic amines) is 1. The smallest absolute Gasteiger partial charge is 0.287 e. The van der Waals surface area contributed by atoms with Gasteiger partial charge in [-0.05, 0) is 38.8 Å². The fourth-order valence-electron chi connectivity index (χ4n) is 2.42. The number of hydrogen-bond donors (Lipinski definition) is 2. The normalized spacial score (nSPS) is 18.7. The quantitative estimate of drug-likeness (QED) is 0.847. The molecule has 20 heavy (non-hydrogen) atoms. The monoisotopic (exact) mass is 279 g/mol. The van der Waals surface area contributed by atoms with Gasteiger partial charge in [-0.3, -0.25) is 14.5 Å². The van der Waals surface area contributed by atoms with E-state index in [1.807, 2.05) is 11.8 Å². The number of rotatable bonds is 4. The van der Waals surface area contributed by atoms with Crippen molar-refractivity contribution in [3.05, 3.63) is 23.7 Å². The molecule has 0 aromatic carbocycles. The molecule has 2 amide bonds. The number of hydrogen-bond acceptors (Lipinski definition) is 4. The summed E-state index contributed by atoms with van der Waals surface area (Å²) in [6.45, 7) is 5.13. The fraction of sp³-hybridized carbons (Fsp3) is 0.571. The van der Waals surface area contributed by atoms with Crippen LogP contribution in [-0.2, 0) is 4.79 Å². The molecule has 1 aliphatic heterocycles. The number of aryl methyl sites for hydroxylation is 1. The summed E-state index contributed by atoms with van der Waals surface area (Å²) in [5, 5.41) is 2.96. The Labute approximate surface area is 118 Å². The summed E-state index contributed by atoms with van der Waals surface area (Å²) in [7, 11) is 0. The second kappa shape index (κ2) is 6.09. The molecule has 0 bridgehead atoms. The van der Waals surface area contributed by atoms with Crippen molar-refractivity contribution >= 4 is 11.8 Å². The second-order valence-corrected chi connectivity index (χ2v) is 5.27. The summed E-state index contributed by atoms with van der Waals surface area (Å²) in [6.07, 6.45) is 1.62. The third-order valence-corrected chi connectivity index (χ3v) is 3.79. The number of carbonyl (C=O) groups is 2. The van der Waals surface area contributed by atoms with Crippen molar-refractivity contribution in [2.45, 2.75) is 38.8 Å². The van der Waals surface area contributed by atoms with E-state index < -0.39 is 0 Å². The Morgan fingerprint density at radius 1 is 1.40 bits per heavy atom. The molecule has 0 saturated carbocycles. The number of furan rings is 1. The van der Waals surface area contributed by atoms with E-state index in [1.54, 1.807) is 19.1 Å². The van der Waals surface area contributed by atoms with Crippen molar-refractivity contribution in [1.29, 1.82) is 0 Å². The van der Waals surface area contributed by atoms with Gasteiger partial charge in [-0.1, -0.05) is 0 Å². The standard InChI is InChI=1S/C14H21N3O3/c1-9-3-4-12(20-9)14(19)16-11-5-7-17(8-6-11)10(2)13(15)18/h3-4,10-11H,5-8H2,1-2H3,(H2,15,18)(H,16,19). The number of piperidine rings is 1. The zero-order valence-corrected chi connectivity index (χ0v) is 11.9. The third kappa shape index (κ3) is 3.39. The van der Waals surface area contributed by atoms with E-state index in [-0.39, 0.29) is 23.9 Å². The topological polar surface area (TPSA) is 88.6 Å². The second-order valence-electron chi connectivity index (χ2n) is 5.27. The highest BCUT2D eigenvalue weighted by Gasteiger charge is 2.26. The summed E-state index contributed by atoms with van der Waals surface area (Å²) in [4.78, 5) is 25.1. The molecule has 110 valence electrons. The van der Waals surface area contributed by atoms with Crippen molar-refractivity contribution in [1.82, 2.24) is 10.2 Å². The molecular weight excluding hydrogens is 258 g/mol. The summed E-state index contributed by atoms with van der Waals surface area (Å²) < 4.78 is 5.29. The minimum atomic E-state index is -0.307. The highest BCUT2D eigenvalue weighted by atomic mass is 16.3. The van der Waals surface area contributed by atoms with Crippen LogP contribution in [0.25, 0.3) is 0 Å². The van der Waals surface area contributed by atoms with Gasteiger partial charge in [0, 0.05) is 19.1 Å². The first kappa shape index (κ1) is 14.6. The minimum Gasteiger partial charge on any atom is -0.456 e. The van der Waals surface area contributed by atoms with E-state index in [4.69, 9.17) is 10.2 Å². The van der Waals surface area contributed by atoms with Gasteiger partial charge >= 0.3 is 0 Å². The molecule has 6 heteroatoms. The molecule has 1 saturated heterocycles. The molecule has 0 radical (unpaired) electrons. The van der Waals surface area contributed by atoms with Crippen LogP contribution in [0, 0.1) is 6.92 Å². The molecule has 1 fully saturated rings. The highest BCUT2D eigenvalue weighted by molar-refractivity contribution is 5.91. The van der Waals surface area contributed by atoms with Crippen LogP contribution >= 0.6 is 0 Å². The molecule has 2 rings (SSSR count). The maximum absolute atomic E-state index is 12.0. The molecule has 6 nitrogen and oxygen atoms in total. The van der Waals surface area contributed by atoms with E-state index in [0.29, 0.717) is 5.76 Å². The van der Waals surface area contributed by atoms with Gasteiger partial charge in [0.25, 0.3) is 5.91 Å². The van der Waals surface area contributed by atoms with Crippen molar-refractivity contribution < 1.29 is 14.0 Å². The number of primary amides is 1. The maximum Gasteiger partial charge on any atom is 0.287 e. The van der Waals surface area contributed by atoms with Gasteiger partial charge in [-0.15, -0.1) is 0 Å². The van der Waals surface area contributed by atoms with Crippen molar-refractivity contribution in [2.75, 3.05) is 13.1 Å². The molecule has 1 unspecified atom stereocenters. The van der Waals surface area contributed by atoms with Gasteiger partial charge in [0.15, 0.2) is 5.76 Å². The Bertz CT molecular complexity index is 490. The number of nitrogens with zero attached hydrogens (tertiary/aromatic N) is 1. The number of carbonyl (C=O) groups excluding carboxylic acids is 2. The Balaban J connectivity index is 1.82. The van der Waals surface area contributed by atoms with Gasteiger partial charge in [-0.25, -0.2) is 0 Å². The Morgan fingerprint density at radius 2 is 2.05 bits per heavy atom. The summed E-state index contributed by atoms with van der Waals surface area (Å²) in [6, 6.07) is 3.31. The predicted octanol–water partition coefficient (Wildman–Crippen LogP) is 0.656. The summed E-state index contributed by atoms with van der Waals surface area (Å²) in [5.41, 5.74) is 5.30. The van der Waals surface area contributed by atoms with Crippen molar-refractivity contribution in [2.24, 2.45) is 5.73 Å². The molecule has 0 spiro atoms. The van der Waals surface area contributed by atoms with E-state index in [2.05, 4.69) is 5.32 Å². The zero-order valence-electron chi connectivity index (χ0n) is 11.9. The van der Waals surface area contributed by atoms with Crippen LogP contribution < -0.4 is 11.1 Å². The maximum atomic E-state index is 12.0. The third-order valence-electron chi connectivity index (χ3n) is 3.79. The number of nitrogens with one attached hydrogen (secondary N) is 1. The first-order chi connectivity index (χ1) is 9.47. The predicted molar refractivity (Wildman–Crippen MR) is 74.2 cm³/mol. The van der Waals surface area contributed by atoms with E-state index in [0.717, 1.165) is 31.7 Å². The van der Waals surface area contributed by atoms with Crippen LogP contribution in [0.1, 0.15) is 36.1 Å². The number of nitrogens with two attached hydrogens (primary N) is 1. The van der Waals surface area contributed by atoms with Crippen molar-refractivity contribution in [3.63, 3.8) is 0 Å². The lowest BCUT2D eigenvalue weighted by atomic mass is 10.0. The van der Waals surface area contributed by atoms with Gasteiger partial charge in [0.2, 0.25) is 5.91 Å². The molecule has 1 aliphatic rings. The highest BCUT2D eigenvalue weighted by Crippen LogP contribution is 2.14. The molecule has 2 heterocycles. The van der Waals surface area contributed by atoms with E-state index >= 15 is 0 Å². The van der Waals surface area contributed by atoms with E-state index in [9.17, 15) is 9.59 Å². The summed E-state index contributed by atoms with van der Waals surface area (Å²) in [5.74, 6) is 0.578. The Kier molecular flexibility index (Phi) is 4.44. The average molecular weight is 279 g/mol. The van der Waals surface area contributed by atoms with Crippen LogP contribution in [0.5, 0.6) is 0 Å². The van der Waals surface area contributed by atoms with Crippen LogP contribution in [-0.4, -0.2) is 41.9 Å². The van der Waals surface area contributed by atoms with Crippen molar-refractivity contribution in [3.8, 4) is 0 Å². The first-order valence-electron chi connectivity index (χ1n) is 6.88. The molecule has 3 N–H and O–H groups in total. The largest absolute Gasteiger partial charge is 0.456 e.